The highest BCUT2D eigenvalue weighted by molar-refractivity contribution is 7.91. The number of carboxylic acids is 1. The number of hydrogen-bond acceptors (Lipinski definition) is 5. The first-order valence-electron chi connectivity index (χ1n) is 5.82. The van der Waals surface area contributed by atoms with Gasteiger partial charge < -0.3 is 16.2 Å². The molecule has 1 aromatic rings. The number of nitrogen functional groups attached to an aromatic ring is 1. The number of carbonyl (C=O) groups is 1. The summed E-state index contributed by atoms with van der Waals surface area (Å²) in [6.07, 6.45) is 0.509. The lowest BCUT2D eigenvalue weighted by Crippen LogP contribution is -2.36. The van der Waals surface area contributed by atoms with E-state index in [0.717, 1.165) is 0 Å². The number of aromatic carboxylic acids is 1. The molecule has 1 aliphatic rings. The minimum Gasteiger partial charge on any atom is -0.478 e. The molecule has 1 atom stereocenters. The number of anilines is 2. The maximum absolute atomic E-state index is 11.5. The Morgan fingerprint density at radius 3 is 2.63 bits per heavy atom. The summed E-state index contributed by atoms with van der Waals surface area (Å²) in [6, 6.07) is 4.36. The van der Waals surface area contributed by atoms with Crippen molar-refractivity contribution in [3.63, 3.8) is 0 Å². The van der Waals surface area contributed by atoms with Gasteiger partial charge in [0, 0.05) is 5.54 Å². The van der Waals surface area contributed by atoms with Gasteiger partial charge in [-0.3, -0.25) is 0 Å². The van der Waals surface area contributed by atoms with Crippen LogP contribution in [0, 0.1) is 0 Å². The zero-order valence-corrected chi connectivity index (χ0v) is 11.3. The maximum Gasteiger partial charge on any atom is 0.335 e. The molecule has 1 heterocycles. The molecule has 1 unspecified atom stereocenters. The first-order chi connectivity index (χ1) is 8.71. The molecule has 0 saturated carbocycles. The van der Waals surface area contributed by atoms with Crippen molar-refractivity contribution < 1.29 is 18.3 Å². The number of hydrogen-bond donors (Lipinski definition) is 3. The Morgan fingerprint density at radius 2 is 2.16 bits per heavy atom. The molecule has 6 nitrogen and oxygen atoms in total. The summed E-state index contributed by atoms with van der Waals surface area (Å²) in [5.74, 6) is -0.836. The van der Waals surface area contributed by atoms with Gasteiger partial charge in [0.05, 0.1) is 28.4 Å². The monoisotopic (exact) mass is 284 g/mol. The van der Waals surface area contributed by atoms with Crippen molar-refractivity contribution in [1.82, 2.24) is 0 Å². The van der Waals surface area contributed by atoms with Crippen LogP contribution in [0.3, 0.4) is 0 Å². The van der Waals surface area contributed by atoms with Crippen molar-refractivity contribution in [2.75, 3.05) is 22.6 Å². The third-order valence-electron chi connectivity index (χ3n) is 3.24. The van der Waals surface area contributed by atoms with Crippen LogP contribution in [-0.4, -0.2) is 36.5 Å². The quantitative estimate of drug-likeness (QED) is 0.713. The molecule has 0 bridgehead atoms. The topological polar surface area (TPSA) is 109 Å². The molecule has 1 aromatic carbocycles. The molecule has 0 spiro atoms. The van der Waals surface area contributed by atoms with Gasteiger partial charge >= 0.3 is 5.97 Å². The Kier molecular flexibility index (Phi) is 3.17. The van der Waals surface area contributed by atoms with Gasteiger partial charge in [-0.1, -0.05) is 0 Å². The first-order valence-corrected chi connectivity index (χ1v) is 7.64. The molecular weight excluding hydrogens is 268 g/mol. The van der Waals surface area contributed by atoms with Crippen molar-refractivity contribution >= 4 is 27.2 Å². The average molecular weight is 284 g/mol. The summed E-state index contributed by atoms with van der Waals surface area (Å²) in [5.41, 5.74) is 6.19. The molecule has 0 amide bonds. The van der Waals surface area contributed by atoms with Crippen molar-refractivity contribution in [2.45, 2.75) is 18.9 Å². The highest BCUT2D eigenvalue weighted by atomic mass is 32.2. The van der Waals surface area contributed by atoms with Crippen LogP contribution in [0.15, 0.2) is 18.2 Å². The lowest BCUT2D eigenvalue weighted by atomic mass is 10.0. The largest absolute Gasteiger partial charge is 0.478 e. The number of carboxylic acid groups (broad SMARTS) is 1. The molecule has 19 heavy (non-hydrogen) atoms. The van der Waals surface area contributed by atoms with E-state index < -0.39 is 21.3 Å². The van der Waals surface area contributed by atoms with Gasteiger partial charge in [0.1, 0.15) is 0 Å². The normalized spacial score (nSPS) is 25.1. The maximum atomic E-state index is 11.5. The Balaban J connectivity index is 2.23. The van der Waals surface area contributed by atoms with Crippen LogP contribution in [0.1, 0.15) is 23.7 Å². The zero-order chi connectivity index (χ0) is 14.3. The van der Waals surface area contributed by atoms with Crippen LogP contribution in [0.25, 0.3) is 0 Å². The molecule has 1 aliphatic heterocycles. The lowest BCUT2D eigenvalue weighted by molar-refractivity contribution is 0.0697. The van der Waals surface area contributed by atoms with Crippen LogP contribution in [0.5, 0.6) is 0 Å². The predicted molar refractivity (Wildman–Crippen MR) is 73.1 cm³/mol. The number of benzene rings is 1. The summed E-state index contributed by atoms with van der Waals surface area (Å²) < 4.78 is 23.0. The third-order valence-corrected chi connectivity index (χ3v) is 5.14. The molecule has 0 radical (unpaired) electrons. The second-order valence-corrected chi connectivity index (χ2v) is 7.32. The van der Waals surface area contributed by atoms with Gasteiger partial charge in [-0.05, 0) is 31.5 Å². The van der Waals surface area contributed by atoms with Gasteiger partial charge in [-0.15, -0.1) is 0 Å². The van der Waals surface area contributed by atoms with E-state index >= 15 is 0 Å². The molecular formula is C12H16N2O4S. The summed E-state index contributed by atoms with van der Waals surface area (Å²) >= 11 is 0. The highest BCUT2D eigenvalue weighted by Crippen LogP contribution is 2.30. The van der Waals surface area contributed by atoms with Crippen LogP contribution >= 0.6 is 0 Å². The molecule has 1 saturated heterocycles. The number of rotatable bonds is 3. The summed E-state index contributed by atoms with van der Waals surface area (Å²) in [5, 5.41) is 12.0. The van der Waals surface area contributed by atoms with Crippen molar-refractivity contribution in [1.29, 1.82) is 0 Å². The van der Waals surface area contributed by atoms with Gasteiger partial charge in [0.15, 0.2) is 9.84 Å². The van der Waals surface area contributed by atoms with Crippen LogP contribution in [0.2, 0.25) is 0 Å². The first kappa shape index (κ1) is 13.7. The van der Waals surface area contributed by atoms with Gasteiger partial charge in [0.2, 0.25) is 0 Å². The van der Waals surface area contributed by atoms with Crippen LogP contribution in [-0.2, 0) is 9.84 Å². The second-order valence-electron chi connectivity index (χ2n) is 5.13. The highest BCUT2D eigenvalue weighted by Gasteiger charge is 2.38. The minimum absolute atomic E-state index is 0.0557. The number of nitrogens with one attached hydrogen (secondary N) is 1. The zero-order valence-electron chi connectivity index (χ0n) is 10.5. The fourth-order valence-electron chi connectivity index (χ4n) is 2.24. The van der Waals surface area contributed by atoms with Crippen molar-refractivity contribution in [2.24, 2.45) is 0 Å². The summed E-state index contributed by atoms with van der Waals surface area (Å²) in [4.78, 5) is 10.8. The molecule has 7 heteroatoms. The Hall–Kier alpha value is -1.76. The second kappa shape index (κ2) is 4.41. The lowest BCUT2D eigenvalue weighted by Gasteiger charge is -2.26. The predicted octanol–water partition coefficient (Wildman–Crippen LogP) is 0.956. The molecule has 1 fully saturated rings. The Morgan fingerprint density at radius 1 is 1.47 bits per heavy atom. The Labute approximate surface area is 111 Å². The SMILES string of the molecule is CC1(Nc2ccc(C(=O)O)cc2N)CCS(=O)(=O)C1. The van der Waals surface area contributed by atoms with E-state index in [0.29, 0.717) is 17.8 Å². The Bertz CT molecular complexity index is 627. The van der Waals surface area contributed by atoms with E-state index in [4.69, 9.17) is 10.8 Å². The van der Waals surface area contributed by atoms with Crippen molar-refractivity contribution in [3.05, 3.63) is 23.8 Å². The number of nitrogens with two attached hydrogens (primary N) is 1. The van der Waals surface area contributed by atoms with Crippen molar-refractivity contribution in [3.8, 4) is 0 Å². The van der Waals surface area contributed by atoms with E-state index in [2.05, 4.69) is 5.32 Å². The van der Waals surface area contributed by atoms with Gasteiger partial charge in [0.25, 0.3) is 0 Å². The van der Waals surface area contributed by atoms with E-state index in [1.54, 1.807) is 6.07 Å². The summed E-state index contributed by atoms with van der Waals surface area (Å²) in [7, 11) is -3.01. The van der Waals surface area contributed by atoms with Gasteiger partial charge in [-0.25, -0.2) is 13.2 Å². The number of sulfone groups is 1. The third kappa shape index (κ3) is 2.98. The fraction of sp³-hybridized carbons (Fsp3) is 0.417. The van der Waals surface area contributed by atoms with E-state index in [-0.39, 0.29) is 17.1 Å². The standard InChI is InChI=1S/C12H16N2O4S/c1-12(4-5-19(17,18)7-12)14-10-3-2-8(11(15)16)6-9(10)13/h2-3,6,14H,4-5,7,13H2,1H3,(H,15,16). The minimum atomic E-state index is -3.01. The summed E-state index contributed by atoms with van der Waals surface area (Å²) in [6.45, 7) is 1.82. The fourth-order valence-corrected chi connectivity index (χ4v) is 4.34. The van der Waals surface area contributed by atoms with E-state index in [1.807, 2.05) is 6.92 Å². The molecule has 2 rings (SSSR count). The van der Waals surface area contributed by atoms with Gasteiger partial charge in [-0.2, -0.15) is 0 Å². The average Bonchev–Trinajstić information content (AvgIpc) is 2.56. The van der Waals surface area contributed by atoms with Crippen LogP contribution in [0.4, 0.5) is 11.4 Å². The van der Waals surface area contributed by atoms with E-state index in [9.17, 15) is 13.2 Å². The molecule has 0 aliphatic carbocycles. The van der Waals surface area contributed by atoms with Crippen LogP contribution < -0.4 is 11.1 Å². The molecule has 104 valence electrons. The molecule has 4 N–H and O–H groups in total. The van der Waals surface area contributed by atoms with E-state index in [1.165, 1.54) is 12.1 Å². The smallest absolute Gasteiger partial charge is 0.335 e. The molecule has 0 aromatic heterocycles.